The van der Waals surface area contributed by atoms with Crippen molar-refractivity contribution in [2.75, 3.05) is 23.3 Å². The summed E-state index contributed by atoms with van der Waals surface area (Å²) in [4.78, 5) is 27.2. The zero-order valence-corrected chi connectivity index (χ0v) is 17.0. The SMILES string of the molecule is O=C1OC2(CCC(CNc3ncc(-c4ccnnc4)cn3)CC2)CN1c1ccccn1. The summed E-state index contributed by atoms with van der Waals surface area (Å²) in [5, 5.41) is 11.0. The van der Waals surface area contributed by atoms with Crippen LogP contribution in [0, 0.1) is 5.92 Å². The Morgan fingerprint density at radius 1 is 1.00 bits per heavy atom. The van der Waals surface area contributed by atoms with Gasteiger partial charge in [0.05, 0.1) is 18.9 Å². The lowest BCUT2D eigenvalue weighted by Crippen LogP contribution is -2.39. The number of rotatable bonds is 5. The molecule has 158 valence electrons. The summed E-state index contributed by atoms with van der Waals surface area (Å²) in [5.74, 6) is 1.75. The third-order valence-corrected chi connectivity index (χ3v) is 6.03. The van der Waals surface area contributed by atoms with E-state index in [9.17, 15) is 4.79 Å². The van der Waals surface area contributed by atoms with Gasteiger partial charge in [0, 0.05) is 36.3 Å². The minimum absolute atomic E-state index is 0.298. The van der Waals surface area contributed by atoms with Gasteiger partial charge in [0.25, 0.3) is 0 Å². The Hall–Kier alpha value is -3.62. The predicted molar refractivity (Wildman–Crippen MR) is 114 cm³/mol. The third kappa shape index (κ3) is 4.16. The Kier molecular flexibility index (Phi) is 5.15. The molecule has 1 aliphatic carbocycles. The first kappa shape index (κ1) is 19.3. The van der Waals surface area contributed by atoms with Crippen LogP contribution in [-0.2, 0) is 4.74 Å². The van der Waals surface area contributed by atoms with Crippen molar-refractivity contribution in [1.29, 1.82) is 0 Å². The predicted octanol–water partition coefficient (Wildman–Crippen LogP) is 3.33. The minimum atomic E-state index is -0.401. The van der Waals surface area contributed by atoms with Crippen LogP contribution in [0.2, 0.25) is 0 Å². The van der Waals surface area contributed by atoms with E-state index in [1.165, 1.54) is 0 Å². The van der Waals surface area contributed by atoms with Crippen molar-refractivity contribution < 1.29 is 9.53 Å². The van der Waals surface area contributed by atoms with Crippen LogP contribution in [0.5, 0.6) is 0 Å². The highest BCUT2D eigenvalue weighted by Crippen LogP contribution is 2.40. The number of nitrogens with zero attached hydrogens (tertiary/aromatic N) is 6. The lowest BCUT2D eigenvalue weighted by atomic mass is 9.78. The molecule has 4 heterocycles. The number of carbonyl (C=O) groups excluding carboxylic acids is 1. The maximum atomic E-state index is 12.4. The first-order valence-electron chi connectivity index (χ1n) is 10.5. The number of carbonyl (C=O) groups is 1. The fraction of sp³-hybridized carbons (Fsp3) is 0.364. The second-order valence-electron chi connectivity index (χ2n) is 8.08. The minimum Gasteiger partial charge on any atom is -0.441 e. The van der Waals surface area contributed by atoms with E-state index in [0.717, 1.165) is 43.4 Å². The molecule has 1 saturated carbocycles. The van der Waals surface area contributed by atoms with Crippen molar-refractivity contribution in [3.05, 3.63) is 55.2 Å². The van der Waals surface area contributed by atoms with E-state index in [0.29, 0.717) is 24.2 Å². The van der Waals surface area contributed by atoms with E-state index in [4.69, 9.17) is 4.74 Å². The molecular weight excluding hydrogens is 394 g/mol. The smallest absolute Gasteiger partial charge is 0.416 e. The van der Waals surface area contributed by atoms with Crippen LogP contribution < -0.4 is 10.2 Å². The quantitative estimate of drug-likeness (QED) is 0.674. The van der Waals surface area contributed by atoms with Crippen LogP contribution in [0.15, 0.2) is 55.2 Å². The number of hydrogen-bond donors (Lipinski definition) is 1. The number of ether oxygens (including phenoxy) is 1. The van der Waals surface area contributed by atoms with Crippen molar-refractivity contribution in [2.24, 2.45) is 5.92 Å². The van der Waals surface area contributed by atoms with Gasteiger partial charge in [0.1, 0.15) is 11.4 Å². The Morgan fingerprint density at radius 2 is 1.84 bits per heavy atom. The van der Waals surface area contributed by atoms with Crippen LogP contribution >= 0.6 is 0 Å². The Bertz CT molecular complexity index is 1020. The molecule has 3 aromatic heterocycles. The third-order valence-electron chi connectivity index (χ3n) is 6.03. The summed E-state index contributed by atoms with van der Waals surface area (Å²) in [7, 11) is 0. The molecule has 1 aliphatic heterocycles. The van der Waals surface area contributed by atoms with Gasteiger partial charge in [-0.25, -0.2) is 19.7 Å². The van der Waals surface area contributed by atoms with Crippen molar-refractivity contribution in [3.63, 3.8) is 0 Å². The van der Waals surface area contributed by atoms with Gasteiger partial charge in [0.2, 0.25) is 5.95 Å². The highest BCUT2D eigenvalue weighted by atomic mass is 16.6. The molecule has 2 fully saturated rings. The van der Waals surface area contributed by atoms with Gasteiger partial charge < -0.3 is 10.1 Å². The zero-order valence-electron chi connectivity index (χ0n) is 17.0. The van der Waals surface area contributed by atoms with Crippen LogP contribution in [-0.4, -0.2) is 49.9 Å². The zero-order chi connectivity index (χ0) is 21.1. The second-order valence-corrected chi connectivity index (χ2v) is 8.08. The monoisotopic (exact) mass is 417 g/mol. The molecule has 0 radical (unpaired) electrons. The van der Waals surface area contributed by atoms with Gasteiger partial charge in [-0.1, -0.05) is 6.07 Å². The average molecular weight is 417 g/mol. The molecule has 0 aromatic carbocycles. The van der Waals surface area contributed by atoms with Crippen molar-refractivity contribution in [2.45, 2.75) is 31.3 Å². The van der Waals surface area contributed by atoms with Crippen molar-refractivity contribution in [1.82, 2.24) is 25.1 Å². The van der Waals surface area contributed by atoms with E-state index in [1.54, 1.807) is 35.9 Å². The van der Waals surface area contributed by atoms with E-state index in [2.05, 4.69) is 30.5 Å². The maximum absolute atomic E-state index is 12.4. The fourth-order valence-electron chi connectivity index (χ4n) is 4.25. The summed E-state index contributed by atoms with van der Waals surface area (Å²) in [6, 6.07) is 7.44. The summed E-state index contributed by atoms with van der Waals surface area (Å²) >= 11 is 0. The number of nitrogens with one attached hydrogen (secondary N) is 1. The van der Waals surface area contributed by atoms with E-state index in [1.807, 2.05) is 24.3 Å². The number of aromatic nitrogens is 5. The first-order chi connectivity index (χ1) is 15.2. The molecule has 2 aliphatic rings. The lowest BCUT2D eigenvalue weighted by Gasteiger charge is -2.35. The Balaban J connectivity index is 1.14. The van der Waals surface area contributed by atoms with Gasteiger partial charge in [-0.15, -0.1) is 0 Å². The van der Waals surface area contributed by atoms with Crippen LogP contribution in [0.25, 0.3) is 11.1 Å². The molecule has 1 N–H and O–H groups in total. The lowest BCUT2D eigenvalue weighted by molar-refractivity contribution is 0.0148. The molecule has 9 nitrogen and oxygen atoms in total. The molecule has 0 unspecified atom stereocenters. The second kappa shape index (κ2) is 8.25. The number of pyridine rings is 1. The van der Waals surface area contributed by atoms with Crippen molar-refractivity contribution in [3.8, 4) is 11.1 Å². The van der Waals surface area contributed by atoms with Crippen LogP contribution in [0.1, 0.15) is 25.7 Å². The van der Waals surface area contributed by atoms with Gasteiger partial charge in [-0.2, -0.15) is 10.2 Å². The summed E-state index contributed by atoms with van der Waals surface area (Å²) in [6.07, 6.45) is 12.0. The van der Waals surface area contributed by atoms with E-state index < -0.39 is 5.60 Å². The molecule has 0 bridgehead atoms. The highest BCUT2D eigenvalue weighted by Gasteiger charge is 2.47. The van der Waals surface area contributed by atoms with Crippen LogP contribution in [0.4, 0.5) is 16.6 Å². The topological polar surface area (TPSA) is 106 Å². The Labute approximate surface area is 179 Å². The van der Waals surface area contributed by atoms with E-state index in [-0.39, 0.29) is 6.09 Å². The highest BCUT2D eigenvalue weighted by molar-refractivity contribution is 5.89. The number of anilines is 2. The Morgan fingerprint density at radius 3 is 2.55 bits per heavy atom. The summed E-state index contributed by atoms with van der Waals surface area (Å²) in [5.41, 5.74) is 1.44. The van der Waals surface area contributed by atoms with Gasteiger partial charge in [-0.05, 0) is 49.8 Å². The summed E-state index contributed by atoms with van der Waals surface area (Å²) < 4.78 is 5.82. The molecule has 0 atom stereocenters. The largest absolute Gasteiger partial charge is 0.441 e. The van der Waals surface area contributed by atoms with Crippen molar-refractivity contribution >= 4 is 17.9 Å². The standard InChI is InChI=1S/C22H23N7O2/c30-21-29(19-3-1-2-9-23-19)15-22(31-21)7-4-16(5-8-22)11-24-20-25-12-18(13-26-20)17-6-10-27-28-14-17/h1-3,6,9-10,12-14,16H,4-5,7-8,11,15H2,(H,24,25,26). The molecular formula is C22H23N7O2. The molecule has 1 amide bonds. The molecule has 1 saturated heterocycles. The van der Waals surface area contributed by atoms with E-state index >= 15 is 0 Å². The molecule has 31 heavy (non-hydrogen) atoms. The molecule has 5 rings (SSSR count). The maximum Gasteiger partial charge on any atom is 0.416 e. The van der Waals surface area contributed by atoms with Crippen LogP contribution in [0.3, 0.4) is 0 Å². The molecule has 3 aromatic rings. The first-order valence-corrected chi connectivity index (χ1v) is 10.5. The summed E-state index contributed by atoms with van der Waals surface area (Å²) in [6.45, 7) is 1.36. The average Bonchev–Trinajstić information content (AvgIpc) is 3.16. The van der Waals surface area contributed by atoms with Gasteiger partial charge >= 0.3 is 6.09 Å². The molecule has 9 heteroatoms. The molecule has 1 spiro atoms. The number of hydrogen-bond acceptors (Lipinski definition) is 8. The number of amides is 1. The fourth-order valence-corrected chi connectivity index (χ4v) is 4.25. The van der Waals surface area contributed by atoms with Gasteiger partial charge in [0.15, 0.2) is 0 Å². The normalized spacial score (nSPS) is 23.0. The van der Waals surface area contributed by atoms with Gasteiger partial charge in [-0.3, -0.25) is 4.90 Å².